The fourth-order valence-corrected chi connectivity index (χ4v) is 2.21. The molecule has 1 saturated carbocycles. The molecule has 1 N–H and O–H groups in total. The van der Waals surface area contributed by atoms with Gasteiger partial charge in [0.05, 0.1) is 12.3 Å². The highest BCUT2D eigenvalue weighted by Crippen LogP contribution is 2.31. The Bertz CT molecular complexity index is 292. The molecule has 1 heterocycles. The van der Waals surface area contributed by atoms with Gasteiger partial charge >= 0.3 is 0 Å². The van der Waals surface area contributed by atoms with E-state index in [0.717, 1.165) is 5.69 Å². The van der Waals surface area contributed by atoms with Gasteiger partial charge < -0.3 is 5.11 Å². The van der Waals surface area contributed by atoms with Crippen LogP contribution in [0.4, 0.5) is 0 Å². The molecule has 0 spiro atoms. The van der Waals surface area contributed by atoms with Gasteiger partial charge in [0.15, 0.2) is 0 Å². The first-order valence-corrected chi connectivity index (χ1v) is 5.47. The molecule has 0 amide bonds. The molecule has 0 radical (unpaired) electrons. The molecule has 2 heteroatoms. The summed E-state index contributed by atoms with van der Waals surface area (Å²) in [7, 11) is 0. The van der Waals surface area contributed by atoms with E-state index in [-0.39, 0.29) is 6.61 Å². The van der Waals surface area contributed by atoms with Gasteiger partial charge in [0.1, 0.15) is 0 Å². The Morgan fingerprint density at radius 3 is 2.71 bits per heavy atom. The van der Waals surface area contributed by atoms with Crippen molar-refractivity contribution < 1.29 is 5.11 Å². The average molecular weight is 191 g/mol. The van der Waals surface area contributed by atoms with E-state index >= 15 is 0 Å². The molecule has 0 aliphatic heterocycles. The smallest absolute Gasteiger partial charge is 0.0853 e. The highest BCUT2D eigenvalue weighted by atomic mass is 16.3. The van der Waals surface area contributed by atoms with Crippen LogP contribution in [0.5, 0.6) is 0 Å². The largest absolute Gasteiger partial charge is 0.390 e. The van der Waals surface area contributed by atoms with Gasteiger partial charge in [-0.05, 0) is 25.0 Å². The number of nitrogens with zero attached hydrogens (tertiary/aromatic N) is 1. The van der Waals surface area contributed by atoms with Gasteiger partial charge in [0.25, 0.3) is 0 Å². The zero-order valence-electron chi connectivity index (χ0n) is 8.45. The van der Waals surface area contributed by atoms with Gasteiger partial charge in [-0.2, -0.15) is 0 Å². The van der Waals surface area contributed by atoms with Crippen LogP contribution in [0.15, 0.2) is 18.2 Å². The van der Waals surface area contributed by atoms with Crippen molar-refractivity contribution in [3.8, 4) is 0 Å². The molecule has 0 aromatic carbocycles. The number of aromatic nitrogens is 1. The third-order valence-electron chi connectivity index (χ3n) is 3.01. The third-order valence-corrected chi connectivity index (χ3v) is 3.01. The Morgan fingerprint density at radius 2 is 2.00 bits per heavy atom. The summed E-state index contributed by atoms with van der Waals surface area (Å²) in [6.07, 6.45) is 6.56. The summed E-state index contributed by atoms with van der Waals surface area (Å²) in [6.45, 7) is 0.0561. The second-order valence-corrected chi connectivity index (χ2v) is 4.05. The van der Waals surface area contributed by atoms with E-state index < -0.39 is 0 Å². The molecule has 0 saturated heterocycles. The minimum atomic E-state index is 0.0561. The topological polar surface area (TPSA) is 33.1 Å². The van der Waals surface area contributed by atoms with Crippen LogP contribution in [0, 0.1) is 0 Å². The Balaban J connectivity index is 2.13. The van der Waals surface area contributed by atoms with Crippen LogP contribution in [-0.2, 0) is 6.61 Å². The molecule has 0 bridgehead atoms. The lowest BCUT2D eigenvalue weighted by molar-refractivity contribution is 0.276. The lowest BCUT2D eigenvalue weighted by Gasteiger charge is -2.21. The minimum absolute atomic E-state index is 0.0561. The lowest BCUT2D eigenvalue weighted by atomic mass is 9.86. The van der Waals surface area contributed by atoms with E-state index in [1.54, 1.807) is 0 Å². The molecule has 0 atom stereocenters. The first-order chi connectivity index (χ1) is 6.90. The molecule has 1 aromatic heterocycles. The van der Waals surface area contributed by atoms with E-state index in [2.05, 4.69) is 11.1 Å². The number of rotatable bonds is 2. The van der Waals surface area contributed by atoms with Crippen molar-refractivity contribution in [1.82, 2.24) is 4.98 Å². The van der Waals surface area contributed by atoms with Crippen LogP contribution >= 0.6 is 0 Å². The predicted octanol–water partition coefficient (Wildman–Crippen LogP) is 2.62. The number of pyridine rings is 1. The highest BCUT2D eigenvalue weighted by Gasteiger charge is 2.16. The summed E-state index contributed by atoms with van der Waals surface area (Å²) in [5.41, 5.74) is 1.98. The summed E-state index contributed by atoms with van der Waals surface area (Å²) in [6, 6.07) is 5.98. The van der Waals surface area contributed by atoms with E-state index in [9.17, 15) is 0 Å². The monoisotopic (exact) mass is 191 g/mol. The molecule has 76 valence electrons. The van der Waals surface area contributed by atoms with Crippen molar-refractivity contribution in [1.29, 1.82) is 0 Å². The molecular formula is C12H17NO. The van der Waals surface area contributed by atoms with Crippen LogP contribution in [0.2, 0.25) is 0 Å². The summed E-state index contributed by atoms with van der Waals surface area (Å²) >= 11 is 0. The highest BCUT2D eigenvalue weighted by molar-refractivity contribution is 5.14. The zero-order valence-corrected chi connectivity index (χ0v) is 8.45. The number of hydrogen-bond donors (Lipinski definition) is 1. The maximum atomic E-state index is 9.00. The molecular weight excluding hydrogens is 174 g/mol. The van der Waals surface area contributed by atoms with Gasteiger partial charge in [-0.3, -0.25) is 4.98 Å². The van der Waals surface area contributed by atoms with Crippen LogP contribution in [-0.4, -0.2) is 10.1 Å². The molecule has 1 fully saturated rings. The van der Waals surface area contributed by atoms with Gasteiger partial charge in [-0.15, -0.1) is 0 Å². The quantitative estimate of drug-likeness (QED) is 0.779. The Hall–Kier alpha value is -0.890. The normalized spacial score (nSPS) is 18.4. The van der Waals surface area contributed by atoms with E-state index in [4.69, 9.17) is 5.11 Å². The van der Waals surface area contributed by atoms with Crippen molar-refractivity contribution >= 4 is 0 Å². The standard InChI is InChI=1S/C12H17NO/c14-9-11-7-4-8-12(13-11)10-5-2-1-3-6-10/h4,7-8,10,14H,1-3,5-6,9H2. The maximum absolute atomic E-state index is 9.00. The van der Waals surface area contributed by atoms with Crippen LogP contribution < -0.4 is 0 Å². The average Bonchev–Trinajstić information content (AvgIpc) is 2.30. The molecule has 1 aliphatic carbocycles. The van der Waals surface area contributed by atoms with E-state index in [1.165, 1.54) is 37.8 Å². The maximum Gasteiger partial charge on any atom is 0.0853 e. The van der Waals surface area contributed by atoms with Crippen molar-refractivity contribution in [3.05, 3.63) is 29.6 Å². The van der Waals surface area contributed by atoms with Crippen molar-refractivity contribution in [2.75, 3.05) is 0 Å². The van der Waals surface area contributed by atoms with Crippen LogP contribution in [0.3, 0.4) is 0 Å². The first-order valence-electron chi connectivity index (χ1n) is 5.47. The van der Waals surface area contributed by atoms with Gasteiger partial charge in [0, 0.05) is 11.6 Å². The Morgan fingerprint density at radius 1 is 1.21 bits per heavy atom. The van der Waals surface area contributed by atoms with Crippen molar-refractivity contribution in [3.63, 3.8) is 0 Å². The first kappa shape index (κ1) is 9.66. The molecule has 2 rings (SSSR count). The second kappa shape index (κ2) is 4.56. The third kappa shape index (κ3) is 2.13. The molecule has 14 heavy (non-hydrogen) atoms. The molecule has 1 aliphatic rings. The molecule has 2 nitrogen and oxygen atoms in total. The van der Waals surface area contributed by atoms with E-state index in [1.807, 2.05) is 12.1 Å². The zero-order chi connectivity index (χ0) is 9.80. The Kier molecular flexibility index (Phi) is 3.14. The lowest BCUT2D eigenvalue weighted by Crippen LogP contribution is -2.07. The number of hydrogen-bond acceptors (Lipinski definition) is 2. The van der Waals surface area contributed by atoms with Gasteiger partial charge in [-0.25, -0.2) is 0 Å². The van der Waals surface area contributed by atoms with Crippen molar-refractivity contribution in [2.24, 2.45) is 0 Å². The minimum Gasteiger partial charge on any atom is -0.390 e. The SMILES string of the molecule is OCc1cccc(C2CCCCC2)n1. The summed E-state index contributed by atoms with van der Waals surface area (Å²) in [5, 5.41) is 9.00. The van der Waals surface area contributed by atoms with Crippen molar-refractivity contribution in [2.45, 2.75) is 44.6 Å². The van der Waals surface area contributed by atoms with Gasteiger partial charge in [0.2, 0.25) is 0 Å². The summed E-state index contributed by atoms with van der Waals surface area (Å²) < 4.78 is 0. The van der Waals surface area contributed by atoms with Crippen LogP contribution in [0.25, 0.3) is 0 Å². The summed E-state index contributed by atoms with van der Waals surface area (Å²) in [4.78, 5) is 4.46. The van der Waals surface area contributed by atoms with Gasteiger partial charge in [-0.1, -0.05) is 25.3 Å². The molecule has 0 unspecified atom stereocenters. The number of aliphatic hydroxyl groups excluding tert-OH is 1. The predicted molar refractivity (Wildman–Crippen MR) is 56.0 cm³/mol. The Labute approximate surface area is 85.0 Å². The van der Waals surface area contributed by atoms with E-state index in [0.29, 0.717) is 5.92 Å². The molecule has 1 aromatic rings. The second-order valence-electron chi connectivity index (χ2n) is 4.05. The number of aliphatic hydroxyl groups is 1. The summed E-state index contributed by atoms with van der Waals surface area (Å²) in [5.74, 6) is 0.634. The fourth-order valence-electron chi connectivity index (χ4n) is 2.21. The van der Waals surface area contributed by atoms with Crippen LogP contribution in [0.1, 0.15) is 49.4 Å². The fraction of sp³-hybridized carbons (Fsp3) is 0.583.